The van der Waals surface area contributed by atoms with Crippen LogP contribution in [-0.2, 0) is 10.4 Å². The van der Waals surface area contributed by atoms with Crippen molar-refractivity contribution >= 4 is 5.91 Å². The fourth-order valence-electron chi connectivity index (χ4n) is 6.76. The number of amides is 1. The summed E-state index contributed by atoms with van der Waals surface area (Å²) >= 11 is 0. The standard InChI is InChI=1S/C31H33FN2O3/c32-23-11-13-24(14-12-23)37-20-6-5-17-34-18-15-22(16-19-34)29(21-34)33-30(35)31(36)27-9-3-1-7-25(27)26-8-2-4-10-28(26)31/h1-4,7-14,22,29,36H,5-6,15-21H2/p+1/t22?,29-,34?/m0/s1. The van der Waals surface area contributed by atoms with Crippen LogP contribution in [0.2, 0.25) is 0 Å². The molecule has 0 unspecified atom stereocenters. The Balaban J connectivity index is 1.10. The van der Waals surface area contributed by atoms with E-state index in [9.17, 15) is 14.3 Å². The van der Waals surface area contributed by atoms with Crippen molar-refractivity contribution in [2.24, 2.45) is 5.92 Å². The number of unbranched alkanes of at least 4 members (excludes halogenated alkanes) is 1. The summed E-state index contributed by atoms with van der Waals surface area (Å²) < 4.78 is 19.9. The first-order valence-corrected chi connectivity index (χ1v) is 13.4. The molecule has 4 aliphatic rings. The van der Waals surface area contributed by atoms with Gasteiger partial charge in [-0.3, -0.25) is 4.79 Å². The highest BCUT2D eigenvalue weighted by Gasteiger charge is 2.51. The molecule has 3 heterocycles. The van der Waals surface area contributed by atoms with Crippen molar-refractivity contribution in [2.75, 3.05) is 32.8 Å². The van der Waals surface area contributed by atoms with Crippen molar-refractivity contribution in [3.05, 3.63) is 89.7 Å². The number of carbonyl (C=O) groups excluding carboxylic acids is 1. The number of ether oxygens (including phenoxy) is 1. The molecule has 5 nitrogen and oxygen atoms in total. The van der Waals surface area contributed by atoms with Crippen LogP contribution < -0.4 is 10.1 Å². The van der Waals surface area contributed by atoms with Crippen LogP contribution in [0.1, 0.15) is 36.8 Å². The second kappa shape index (κ2) is 9.58. The molecule has 37 heavy (non-hydrogen) atoms. The Kier molecular flexibility index (Phi) is 6.25. The molecule has 192 valence electrons. The number of halogens is 1. The molecule has 2 bridgehead atoms. The number of nitrogens with one attached hydrogen (secondary N) is 1. The maximum absolute atomic E-state index is 13.8. The summed E-state index contributed by atoms with van der Waals surface area (Å²) in [6.07, 6.45) is 4.17. The predicted molar refractivity (Wildman–Crippen MR) is 140 cm³/mol. The van der Waals surface area contributed by atoms with Crippen LogP contribution in [0.4, 0.5) is 4.39 Å². The van der Waals surface area contributed by atoms with Crippen molar-refractivity contribution in [1.82, 2.24) is 5.32 Å². The number of benzene rings is 3. The van der Waals surface area contributed by atoms with Crippen LogP contribution in [0.15, 0.2) is 72.8 Å². The summed E-state index contributed by atoms with van der Waals surface area (Å²) in [6, 6.07) is 21.6. The van der Waals surface area contributed by atoms with Crippen LogP contribution in [0.25, 0.3) is 11.1 Å². The normalized spacial score (nSPS) is 24.8. The largest absolute Gasteiger partial charge is 0.494 e. The summed E-state index contributed by atoms with van der Waals surface area (Å²) in [7, 11) is 0. The third-order valence-corrected chi connectivity index (χ3v) is 8.78. The first-order valence-electron chi connectivity index (χ1n) is 13.4. The molecule has 7 rings (SSSR count). The SMILES string of the molecule is O=C(N[C@H]1C[N+]2(CCCCOc3ccc(F)cc3)CCC1CC2)C1(O)c2ccccc2-c2ccccc21. The highest BCUT2D eigenvalue weighted by molar-refractivity contribution is 5.98. The number of aliphatic hydroxyl groups is 1. The number of rotatable bonds is 8. The van der Waals surface area contributed by atoms with E-state index in [0.717, 1.165) is 67.5 Å². The van der Waals surface area contributed by atoms with E-state index in [2.05, 4.69) is 5.32 Å². The summed E-state index contributed by atoms with van der Waals surface area (Å²) in [5.74, 6) is 0.588. The maximum atomic E-state index is 13.8. The number of hydrogen-bond donors (Lipinski definition) is 2. The van der Waals surface area contributed by atoms with E-state index in [-0.39, 0.29) is 17.8 Å². The highest BCUT2D eigenvalue weighted by atomic mass is 19.1. The molecular formula is C31H34FN2O3+. The number of carbonyl (C=O) groups is 1. The Hall–Kier alpha value is -3.22. The van der Waals surface area contributed by atoms with Gasteiger partial charge in [-0.25, -0.2) is 4.39 Å². The first-order chi connectivity index (χ1) is 18.0. The van der Waals surface area contributed by atoms with Gasteiger partial charge in [0.2, 0.25) is 0 Å². The Morgan fingerprint density at radius 1 is 0.946 bits per heavy atom. The second-order valence-electron chi connectivity index (χ2n) is 10.9. The maximum Gasteiger partial charge on any atom is 0.261 e. The molecule has 0 saturated carbocycles. The van der Waals surface area contributed by atoms with Crippen LogP contribution in [-0.4, -0.2) is 54.3 Å². The van der Waals surface area contributed by atoms with Gasteiger partial charge in [-0.15, -0.1) is 0 Å². The van der Waals surface area contributed by atoms with Crippen molar-refractivity contribution in [3.63, 3.8) is 0 Å². The van der Waals surface area contributed by atoms with Crippen molar-refractivity contribution in [1.29, 1.82) is 0 Å². The fourth-order valence-corrected chi connectivity index (χ4v) is 6.76. The molecule has 1 aliphatic carbocycles. The zero-order valence-electron chi connectivity index (χ0n) is 21.0. The molecule has 3 aromatic carbocycles. The van der Waals surface area contributed by atoms with Crippen LogP contribution in [0.5, 0.6) is 5.75 Å². The van der Waals surface area contributed by atoms with E-state index in [1.807, 2.05) is 48.5 Å². The van der Waals surface area contributed by atoms with E-state index >= 15 is 0 Å². The minimum atomic E-state index is -1.66. The summed E-state index contributed by atoms with van der Waals surface area (Å²) in [5, 5.41) is 15.2. The molecule has 3 saturated heterocycles. The van der Waals surface area contributed by atoms with Gasteiger partial charge in [0.05, 0.1) is 38.8 Å². The molecule has 3 aromatic rings. The van der Waals surface area contributed by atoms with Crippen molar-refractivity contribution in [3.8, 4) is 16.9 Å². The van der Waals surface area contributed by atoms with Gasteiger partial charge < -0.3 is 19.6 Å². The Morgan fingerprint density at radius 2 is 1.57 bits per heavy atom. The number of quaternary nitrogens is 1. The van der Waals surface area contributed by atoms with Gasteiger partial charge >= 0.3 is 0 Å². The molecule has 0 aromatic heterocycles. The zero-order chi connectivity index (χ0) is 25.5. The topological polar surface area (TPSA) is 58.6 Å². The average Bonchev–Trinajstić information content (AvgIpc) is 3.20. The van der Waals surface area contributed by atoms with Gasteiger partial charge in [-0.1, -0.05) is 48.5 Å². The van der Waals surface area contributed by atoms with E-state index in [0.29, 0.717) is 29.4 Å². The summed E-state index contributed by atoms with van der Waals surface area (Å²) in [6.45, 7) is 4.87. The number of nitrogens with zero attached hydrogens (tertiary/aromatic N) is 1. The highest BCUT2D eigenvalue weighted by Crippen LogP contribution is 2.47. The van der Waals surface area contributed by atoms with Gasteiger partial charge in [-0.05, 0) is 54.2 Å². The van der Waals surface area contributed by atoms with Crippen molar-refractivity contribution < 1.29 is 23.5 Å². The lowest BCUT2D eigenvalue weighted by Crippen LogP contribution is -2.68. The minimum absolute atomic E-state index is 0.0643. The van der Waals surface area contributed by atoms with Crippen LogP contribution in [0.3, 0.4) is 0 Å². The molecule has 3 fully saturated rings. The summed E-state index contributed by atoms with van der Waals surface area (Å²) in [4.78, 5) is 13.8. The van der Waals surface area contributed by atoms with E-state index < -0.39 is 5.60 Å². The molecule has 1 atom stereocenters. The molecule has 6 heteroatoms. The third kappa shape index (κ3) is 4.32. The monoisotopic (exact) mass is 501 g/mol. The quantitative estimate of drug-likeness (QED) is 0.350. The van der Waals surface area contributed by atoms with E-state index in [4.69, 9.17) is 4.74 Å². The molecular weight excluding hydrogens is 467 g/mol. The zero-order valence-corrected chi connectivity index (χ0v) is 21.0. The molecule has 0 spiro atoms. The van der Waals surface area contributed by atoms with Gasteiger partial charge in [0.25, 0.3) is 5.91 Å². The molecule has 3 aliphatic heterocycles. The Labute approximate surface area is 217 Å². The van der Waals surface area contributed by atoms with Crippen molar-refractivity contribution in [2.45, 2.75) is 37.3 Å². The summed E-state index contributed by atoms with van der Waals surface area (Å²) in [5.41, 5.74) is 1.52. The molecule has 1 amide bonds. The van der Waals surface area contributed by atoms with E-state index in [1.54, 1.807) is 12.1 Å². The molecule has 2 N–H and O–H groups in total. The second-order valence-corrected chi connectivity index (χ2v) is 10.9. The Morgan fingerprint density at radius 3 is 2.22 bits per heavy atom. The average molecular weight is 502 g/mol. The van der Waals surface area contributed by atoms with Gasteiger partial charge in [0, 0.05) is 24.0 Å². The third-order valence-electron chi connectivity index (χ3n) is 8.78. The number of fused-ring (bicyclic) bond motifs is 6. The number of hydrogen-bond acceptors (Lipinski definition) is 3. The predicted octanol–water partition coefficient (Wildman–Crippen LogP) is 4.63. The molecule has 0 radical (unpaired) electrons. The first kappa shape index (κ1) is 24.1. The van der Waals surface area contributed by atoms with Gasteiger partial charge in [0.1, 0.15) is 11.6 Å². The van der Waals surface area contributed by atoms with Gasteiger partial charge in [0.15, 0.2) is 5.60 Å². The number of piperidine rings is 3. The van der Waals surface area contributed by atoms with E-state index in [1.165, 1.54) is 12.1 Å². The smallest absolute Gasteiger partial charge is 0.261 e. The lowest BCUT2D eigenvalue weighted by atomic mass is 9.80. The van der Waals surface area contributed by atoms with Gasteiger partial charge in [-0.2, -0.15) is 0 Å². The van der Waals surface area contributed by atoms with Crippen LogP contribution in [0, 0.1) is 11.7 Å². The minimum Gasteiger partial charge on any atom is -0.494 e. The van der Waals surface area contributed by atoms with Crippen LogP contribution >= 0.6 is 0 Å². The lowest BCUT2D eigenvalue weighted by molar-refractivity contribution is -0.944. The Bertz CT molecular complexity index is 1240. The fraction of sp³-hybridized carbons (Fsp3) is 0.387. The lowest BCUT2D eigenvalue weighted by Gasteiger charge is -2.53.